The Morgan fingerprint density at radius 3 is 2.65 bits per heavy atom. The molecule has 1 fully saturated rings. The Balaban J connectivity index is 1.42. The summed E-state index contributed by atoms with van der Waals surface area (Å²) in [7, 11) is 0. The molecule has 31 heavy (non-hydrogen) atoms. The van der Waals surface area contributed by atoms with E-state index in [4.69, 9.17) is 4.98 Å². The number of hydrogen-bond donors (Lipinski definition) is 0. The molecular weight excluding hydrogens is 411 g/mol. The van der Waals surface area contributed by atoms with Crippen molar-refractivity contribution in [3.63, 3.8) is 0 Å². The Kier molecular flexibility index (Phi) is 5.80. The zero-order valence-electron chi connectivity index (χ0n) is 18.1. The van der Waals surface area contributed by atoms with Crippen LogP contribution in [-0.2, 0) is 25.9 Å². The van der Waals surface area contributed by atoms with E-state index in [9.17, 15) is 9.18 Å². The Labute approximate surface area is 186 Å². The zero-order valence-corrected chi connectivity index (χ0v) is 18.9. The van der Waals surface area contributed by atoms with Gasteiger partial charge in [0, 0.05) is 49.7 Å². The molecule has 7 heteroatoms. The molecular formula is C24H29FN4OS. The first-order chi connectivity index (χ1) is 15.2. The second-order valence-electron chi connectivity index (χ2n) is 8.61. The number of thiophene rings is 1. The van der Waals surface area contributed by atoms with Gasteiger partial charge in [-0.15, -0.1) is 11.3 Å². The van der Waals surface area contributed by atoms with Crippen molar-refractivity contribution >= 4 is 27.5 Å². The fourth-order valence-electron chi connectivity index (χ4n) is 4.87. The van der Waals surface area contributed by atoms with Gasteiger partial charge in [0.05, 0.1) is 5.39 Å². The van der Waals surface area contributed by atoms with Crippen LogP contribution in [0.2, 0.25) is 0 Å². The molecule has 0 atom stereocenters. The van der Waals surface area contributed by atoms with Crippen molar-refractivity contribution in [2.45, 2.75) is 52.1 Å². The second kappa shape index (κ2) is 8.71. The molecule has 0 saturated carbocycles. The summed E-state index contributed by atoms with van der Waals surface area (Å²) in [4.78, 5) is 25.3. The minimum Gasteiger partial charge on any atom is -0.340 e. The first-order valence-corrected chi connectivity index (χ1v) is 12.2. The Morgan fingerprint density at radius 1 is 1.10 bits per heavy atom. The van der Waals surface area contributed by atoms with Crippen molar-refractivity contribution in [1.82, 2.24) is 14.5 Å². The van der Waals surface area contributed by atoms with Gasteiger partial charge >= 0.3 is 0 Å². The van der Waals surface area contributed by atoms with E-state index >= 15 is 0 Å². The highest BCUT2D eigenvalue weighted by molar-refractivity contribution is 7.18. The van der Waals surface area contributed by atoms with Crippen molar-refractivity contribution in [3.05, 3.63) is 56.4 Å². The van der Waals surface area contributed by atoms with Gasteiger partial charge in [-0.05, 0) is 43.7 Å². The Hall–Kier alpha value is -2.25. The highest BCUT2D eigenvalue weighted by Gasteiger charge is 2.26. The maximum atomic E-state index is 14.0. The maximum absolute atomic E-state index is 14.0. The lowest BCUT2D eigenvalue weighted by Gasteiger charge is -2.36. The standard InChI is InChI=1S/C24H29FN4OS/c1-2-11-29-23(30)21-18-8-4-6-10-20(18)31-22(21)26-24(29)28-14-12-27(13-15-28)16-17-7-3-5-9-19(17)25/h3,5,7,9H,2,4,6,8,10-16H2,1H3. The van der Waals surface area contributed by atoms with Crippen LogP contribution < -0.4 is 10.5 Å². The quantitative estimate of drug-likeness (QED) is 0.596. The largest absolute Gasteiger partial charge is 0.340 e. The average molecular weight is 441 g/mol. The highest BCUT2D eigenvalue weighted by Crippen LogP contribution is 2.34. The van der Waals surface area contributed by atoms with Crippen LogP contribution in [0.4, 0.5) is 10.3 Å². The van der Waals surface area contributed by atoms with Crippen LogP contribution in [0.1, 0.15) is 42.2 Å². The molecule has 1 saturated heterocycles. The van der Waals surface area contributed by atoms with Gasteiger partial charge in [0.1, 0.15) is 10.6 Å². The summed E-state index contributed by atoms with van der Waals surface area (Å²) in [6.07, 6.45) is 5.36. The molecule has 1 aliphatic heterocycles. The number of fused-ring (bicyclic) bond motifs is 3. The van der Waals surface area contributed by atoms with Crippen LogP contribution in [0, 0.1) is 5.82 Å². The number of rotatable bonds is 5. The molecule has 1 aliphatic carbocycles. The molecule has 0 spiro atoms. The van der Waals surface area contributed by atoms with E-state index in [1.54, 1.807) is 17.4 Å². The molecule has 3 aromatic rings. The van der Waals surface area contributed by atoms with E-state index in [0.29, 0.717) is 13.1 Å². The van der Waals surface area contributed by atoms with Crippen molar-refractivity contribution in [3.8, 4) is 0 Å². The molecule has 0 bridgehead atoms. The first kappa shape index (κ1) is 20.6. The molecule has 0 amide bonds. The topological polar surface area (TPSA) is 41.4 Å². The molecule has 2 aromatic heterocycles. The van der Waals surface area contributed by atoms with Gasteiger partial charge in [-0.1, -0.05) is 25.1 Å². The summed E-state index contributed by atoms with van der Waals surface area (Å²) in [5, 5.41) is 0.870. The molecule has 0 radical (unpaired) electrons. The van der Waals surface area contributed by atoms with E-state index in [1.165, 1.54) is 22.9 Å². The highest BCUT2D eigenvalue weighted by atomic mass is 32.1. The van der Waals surface area contributed by atoms with E-state index in [1.807, 2.05) is 16.7 Å². The summed E-state index contributed by atoms with van der Waals surface area (Å²) in [5.41, 5.74) is 2.13. The predicted octanol–water partition coefficient (Wildman–Crippen LogP) is 4.21. The van der Waals surface area contributed by atoms with Crippen LogP contribution in [0.25, 0.3) is 10.2 Å². The predicted molar refractivity (Wildman–Crippen MR) is 125 cm³/mol. The van der Waals surface area contributed by atoms with Gasteiger partial charge in [0.15, 0.2) is 0 Å². The second-order valence-corrected chi connectivity index (χ2v) is 9.70. The number of aryl methyl sites for hydroxylation is 2. The van der Waals surface area contributed by atoms with E-state index in [2.05, 4.69) is 16.7 Å². The van der Waals surface area contributed by atoms with E-state index < -0.39 is 0 Å². The molecule has 3 heterocycles. The molecule has 1 aromatic carbocycles. The van der Waals surface area contributed by atoms with Crippen molar-refractivity contribution < 1.29 is 4.39 Å². The average Bonchev–Trinajstić information content (AvgIpc) is 3.16. The monoisotopic (exact) mass is 440 g/mol. The molecule has 0 N–H and O–H groups in total. The Bertz CT molecular complexity index is 1150. The Morgan fingerprint density at radius 2 is 1.87 bits per heavy atom. The third-order valence-corrected chi connectivity index (χ3v) is 7.69. The van der Waals surface area contributed by atoms with E-state index in [-0.39, 0.29) is 11.4 Å². The number of aromatic nitrogens is 2. The molecule has 5 rings (SSSR count). The summed E-state index contributed by atoms with van der Waals surface area (Å²) in [5.74, 6) is 0.666. The third kappa shape index (κ3) is 3.89. The van der Waals surface area contributed by atoms with Crippen LogP contribution in [0.15, 0.2) is 29.1 Å². The van der Waals surface area contributed by atoms with Gasteiger partial charge < -0.3 is 4.90 Å². The fraction of sp³-hybridized carbons (Fsp3) is 0.500. The number of anilines is 1. The maximum Gasteiger partial charge on any atom is 0.263 e. The summed E-state index contributed by atoms with van der Waals surface area (Å²) in [6.45, 7) is 6.66. The number of piperazine rings is 1. The first-order valence-electron chi connectivity index (χ1n) is 11.4. The van der Waals surface area contributed by atoms with Gasteiger partial charge in [-0.2, -0.15) is 0 Å². The van der Waals surface area contributed by atoms with Crippen LogP contribution in [0.5, 0.6) is 0 Å². The van der Waals surface area contributed by atoms with Crippen LogP contribution in [0.3, 0.4) is 0 Å². The van der Waals surface area contributed by atoms with Gasteiger partial charge in [0.25, 0.3) is 5.56 Å². The van der Waals surface area contributed by atoms with Crippen molar-refractivity contribution in [2.75, 3.05) is 31.1 Å². The number of hydrogen-bond acceptors (Lipinski definition) is 5. The lowest BCUT2D eigenvalue weighted by molar-refractivity contribution is 0.244. The minimum atomic E-state index is -0.143. The summed E-state index contributed by atoms with van der Waals surface area (Å²) in [6, 6.07) is 7.00. The van der Waals surface area contributed by atoms with Gasteiger partial charge in [0.2, 0.25) is 5.95 Å². The smallest absolute Gasteiger partial charge is 0.263 e. The number of halogens is 1. The molecule has 164 valence electrons. The lowest BCUT2D eigenvalue weighted by Crippen LogP contribution is -2.48. The summed E-state index contributed by atoms with van der Waals surface area (Å²) < 4.78 is 15.9. The number of nitrogens with zero attached hydrogens (tertiary/aromatic N) is 4. The zero-order chi connectivity index (χ0) is 21.4. The molecule has 0 unspecified atom stereocenters. The lowest BCUT2D eigenvalue weighted by atomic mass is 9.97. The molecule has 2 aliphatic rings. The third-order valence-electron chi connectivity index (χ3n) is 6.51. The fourth-order valence-corrected chi connectivity index (χ4v) is 6.11. The number of benzene rings is 1. The summed E-state index contributed by atoms with van der Waals surface area (Å²) >= 11 is 1.72. The van der Waals surface area contributed by atoms with Crippen LogP contribution in [-0.4, -0.2) is 40.6 Å². The van der Waals surface area contributed by atoms with Crippen LogP contribution >= 0.6 is 11.3 Å². The van der Waals surface area contributed by atoms with Crippen molar-refractivity contribution in [1.29, 1.82) is 0 Å². The van der Waals surface area contributed by atoms with Gasteiger partial charge in [-0.25, -0.2) is 9.37 Å². The SMILES string of the molecule is CCCn1c(N2CCN(Cc3ccccc3F)CC2)nc2sc3c(c2c1=O)CCCC3. The minimum absolute atomic E-state index is 0.134. The normalized spacial score (nSPS) is 17.3. The van der Waals surface area contributed by atoms with E-state index in [0.717, 1.165) is 73.6 Å². The molecule has 5 nitrogen and oxygen atoms in total. The van der Waals surface area contributed by atoms with Gasteiger partial charge in [-0.3, -0.25) is 14.3 Å². The van der Waals surface area contributed by atoms with Crippen molar-refractivity contribution in [2.24, 2.45) is 0 Å².